The molecular weight excluding hydrogens is 281 g/mol. The molecule has 0 unspecified atom stereocenters. The number of carbonyl (C=O) groups excluding carboxylic acids is 1. The predicted molar refractivity (Wildman–Crippen MR) is 73.3 cm³/mol. The molecule has 2 aromatic heterocycles. The van der Waals surface area contributed by atoms with Crippen molar-refractivity contribution in [1.29, 1.82) is 0 Å². The van der Waals surface area contributed by atoms with Gasteiger partial charge in [-0.25, -0.2) is 9.37 Å². The van der Waals surface area contributed by atoms with E-state index in [2.05, 4.69) is 9.97 Å². The summed E-state index contributed by atoms with van der Waals surface area (Å²) in [5, 5.41) is 0.323. The summed E-state index contributed by atoms with van der Waals surface area (Å²) < 4.78 is 13.4. The molecule has 3 heterocycles. The van der Waals surface area contributed by atoms with Gasteiger partial charge in [-0.1, -0.05) is 11.6 Å². The van der Waals surface area contributed by atoms with Gasteiger partial charge in [0.15, 0.2) is 0 Å². The van der Waals surface area contributed by atoms with E-state index >= 15 is 0 Å². The molecule has 0 bridgehead atoms. The third kappa shape index (κ3) is 1.78. The first kappa shape index (κ1) is 13.0. The highest BCUT2D eigenvalue weighted by atomic mass is 35.5. The van der Waals surface area contributed by atoms with Crippen molar-refractivity contribution in [3.05, 3.63) is 52.8 Å². The zero-order valence-electron chi connectivity index (χ0n) is 10.9. The normalized spacial score (nSPS) is 16.4. The van der Waals surface area contributed by atoms with E-state index in [1.165, 1.54) is 17.2 Å². The third-order valence-corrected chi connectivity index (χ3v) is 3.59. The molecular formula is C14H11ClFN3O. The van der Waals surface area contributed by atoms with Crippen LogP contribution in [-0.2, 0) is 5.54 Å². The molecule has 0 spiro atoms. The maximum atomic E-state index is 13.4. The molecule has 20 heavy (non-hydrogen) atoms. The van der Waals surface area contributed by atoms with Crippen molar-refractivity contribution in [3.63, 3.8) is 0 Å². The molecule has 0 aliphatic carbocycles. The van der Waals surface area contributed by atoms with E-state index in [-0.39, 0.29) is 5.91 Å². The van der Waals surface area contributed by atoms with Crippen molar-refractivity contribution < 1.29 is 9.18 Å². The summed E-state index contributed by atoms with van der Waals surface area (Å²) in [7, 11) is 0. The fourth-order valence-corrected chi connectivity index (χ4v) is 2.66. The quantitative estimate of drug-likeness (QED) is 0.758. The van der Waals surface area contributed by atoms with Gasteiger partial charge in [-0.2, -0.15) is 0 Å². The second-order valence-corrected chi connectivity index (χ2v) is 5.48. The molecule has 0 aromatic carbocycles. The molecule has 0 saturated carbocycles. The Kier molecular flexibility index (Phi) is 2.76. The number of pyridine rings is 2. The van der Waals surface area contributed by atoms with Gasteiger partial charge in [-0.05, 0) is 26.0 Å². The van der Waals surface area contributed by atoms with Crippen LogP contribution < -0.4 is 4.90 Å². The van der Waals surface area contributed by atoms with Gasteiger partial charge in [0.25, 0.3) is 5.91 Å². The van der Waals surface area contributed by atoms with Crippen LogP contribution in [0, 0.1) is 5.82 Å². The lowest BCUT2D eigenvalue weighted by Gasteiger charge is -2.31. The van der Waals surface area contributed by atoms with Crippen LogP contribution in [0.4, 0.5) is 10.1 Å². The van der Waals surface area contributed by atoms with Crippen molar-refractivity contribution in [2.45, 2.75) is 19.4 Å². The van der Waals surface area contributed by atoms with Gasteiger partial charge >= 0.3 is 0 Å². The van der Waals surface area contributed by atoms with Gasteiger partial charge in [-0.3, -0.25) is 14.7 Å². The molecule has 102 valence electrons. The van der Waals surface area contributed by atoms with Gasteiger partial charge in [0.2, 0.25) is 0 Å². The number of fused-ring (bicyclic) bond motifs is 1. The first-order valence-electron chi connectivity index (χ1n) is 6.03. The first-order chi connectivity index (χ1) is 9.41. The summed E-state index contributed by atoms with van der Waals surface area (Å²) >= 11 is 5.90. The lowest BCUT2D eigenvalue weighted by molar-refractivity contribution is 0.0982. The van der Waals surface area contributed by atoms with Crippen LogP contribution in [0.15, 0.2) is 30.6 Å². The number of carbonyl (C=O) groups is 1. The van der Waals surface area contributed by atoms with E-state index in [1.807, 2.05) is 13.8 Å². The van der Waals surface area contributed by atoms with E-state index in [1.54, 1.807) is 12.1 Å². The molecule has 1 aliphatic heterocycles. The standard InChI is InChI=1S/C14H11ClFN3O/c1-14(2)12-10(3-4-11(15)18-12)13(20)19(14)9-5-8(16)6-17-7-9/h3-7H,1-2H3. The Balaban J connectivity index is 2.18. The number of hydrogen-bond acceptors (Lipinski definition) is 3. The minimum absolute atomic E-state index is 0.235. The predicted octanol–water partition coefficient (Wildman–Crippen LogP) is 3.16. The van der Waals surface area contributed by atoms with E-state index in [9.17, 15) is 9.18 Å². The van der Waals surface area contributed by atoms with Crippen molar-refractivity contribution in [2.75, 3.05) is 4.90 Å². The average Bonchev–Trinajstić information content (AvgIpc) is 2.57. The Morgan fingerprint density at radius 2 is 2.05 bits per heavy atom. The van der Waals surface area contributed by atoms with Crippen LogP contribution in [0.5, 0.6) is 0 Å². The van der Waals surface area contributed by atoms with Gasteiger partial charge in [-0.15, -0.1) is 0 Å². The SMILES string of the molecule is CC1(C)c2nc(Cl)ccc2C(=O)N1c1cncc(F)c1. The molecule has 6 heteroatoms. The minimum atomic E-state index is -0.715. The van der Waals surface area contributed by atoms with E-state index < -0.39 is 11.4 Å². The zero-order valence-corrected chi connectivity index (χ0v) is 11.6. The van der Waals surface area contributed by atoms with E-state index in [0.29, 0.717) is 22.1 Å². The highest BCUT2D eigenvalue weighted by Gasteiger charge is 2.45. The van der Waals surface area contributed by atoms with Gasteiger partial charge < -0.3 is 0 Å². The summed E-state index contributed by atoms with van der Waals surface area (Å²) in [6.45, 7) is 3.68. The lowest BCUT2D eigenvalue weighted by Crippen LogP contribution is -2.39. The lowest BCUT2D eigenvalue weighted by atomic mass is 9.99. The van der Waals surface area contributed by atoms with E-state index in [0.717, 1.165) is 6.20 Å². The molecule has 0 radical (unpaired) electrons. The fraction of sp³-hybridized carbons (Fsp3) is 0.214. The second-order valence-electron chi connectivity index (χ2n) is 5.09. The molecule has 3 rings (SSSR count). The number of aromatic nitrogens is 2. The highest BCUT2D eigenvalue weighted by molar-refractivity contribution is 6.29. The number of amides is 1. The van der Waals surface area contributed by atoms with Crippen LogP contribution in [-0.4, -0.2) is 15.9 Å². The molecule has 1 aliphatic rings. The third-order valence-electron chi connectivity index (χ3n) is 3.38. The monoisotopic (exact) mass is 291 g/mol. The Labute approximate surface area is 120 Å². The Morgan fingerprint density at radius 1 is 1.30 bits per heavy atom. The largest absolute Gasteiger partial charge is 0.295 e. The van der Waals surface area contributed by atoms with Crippen molar-refractivity contribution >= 4 is 23.2 Å². The van der Waals surface area contributed by atoms with Crippen LogP contribution in [0.25, 0.3) is 0 Å². The molecule has 0 fully saturated rings. The second kappa shape index (κ2) is 4.24. The van der Waals surface area contributed by atoms with Crippen LogP contribution in [0.1, 0.15) is 29.9 Å². The summed E-state index contributed by atoms with van der Waals surface area (Å²) in [5.41, 5.74) is 0.740. The van der Waals surface area contributed by atoms with Gasteiger partial charge in [0.1, 0.15) is 11.0 Å². The fourth-order valence-electron chi connectivity index (χ4n) is 2.52. The zero-order chi connectivity index (χ0) is 14.5. The van der Waals surface area contributed by atoms with Gasteiger partial charge in [0, 0.05) is 6.07 Å². The van der Waals surface area contributed by atoms with Crippen LogP contribution in [0.2, 0.25) is 5.15 Å². The topological polar surface area (TPSA) is 46.1 Å². The molecule has 4 nitrogen and oxygen atoms in total. The molecule has 0 saturated heterocycles. The maximum absolute atomic E-state index is 13.4. The smallest absolute Gasteiger partial charge is 0.261 e. The number of anilines is 1. The number of nitrogens with zero attached hydrogens (tertiary/aromatic N) is 3. The average molecular weight is 292 g/mol. The van der Waals surface area contributed by atoms with Crippen molar-refractivity contribution in [3.8, 4) is 0 Å². The number of rotatable bonds is 1. The molecule has 0 N–H and O–H groups in total. The molecule has 0 atom stereocenters. The van der Waals surface area contributed by atoms with Crippen molar-refractivity contribution in [2.24, 2.45) is 0 Å². The summed E-state index contributed by atoms with van der Waals surface area (Å²) in [5.74, 6) is -0.727. The summed E-state index contributed by atoms with van der Waals surface area (Å²) in [4.78, 5) is 22.0. The van der Waals surface area contributed by atoms with Crippen molar-refractivity contribution in [1.82, 2.24) is 9.97 Å². The van der Waals surface area contributed by atoms with Crippen LogP contribution in [0.3, 0.4) is 0 Å². The summed E-state index contributed by atoms with van der Waals surface area (Å²) in [6.07, 6.45) is 2.55. The Morgan fingerprint density at radius 3 is 2.75 bits per heavy atom. The Hall–Kier alpha value is -2.01. The Bertz CT molecular complexity index is 717. The maximum Gasteiger partial charge on any atom is 0.261 e. The number of halogens is 2. The summed E-state index contributed by atoms with van der Waals surface area (Å²) in [6, 6.07) is 4.49. The van der Waals surface area contributed by atoms with Gasteiger partial charge in [0.05, 0.1) is 34.9 Å². The molecule has 1 amide bonds. The highest BCUT2D eigenvalue weighted by Crippen LogP contribution is 2.41. The van der Waals surface area contributed by atoms with E-state index in [4.69, 9.17) is 11.6 Å². The molecule has 2 aromatic rings. The van der Waals surface area contributed by atoms with Crippen LogP contribution >= 0.6 is 11.6 Å². The minimum Gasteiger partial charge on any atom is -0.295 e. The number of hydrogen-bond donors (Lipinski definition) is 0. The first-order valence-corrected chi connectivity index (χ1v) is 6.41.